The first-order chi connectivity index (χ1) is 10.1. The van der Waals surface area contributed by atoms with Gasteiger partial charge < -0.3 is 10.5 Å². The van der Waals surface area contributed by atoms with E-state index in [9.17, 15) is 0 Å². The normalized spacial score (nSPS) is 12.5. The summed E-state index contributed by atoms with van der Waals surface area (Å²) in [5, 5.41) is 1.51. The second-order valence-corrected chi connectivity index (χ2v) is 6.36. The molecule has 5 heteroatoms. The van der Waals surface area contributed by atoms with Crippen LogP contribution in [0.1, 0.15) is 23.5 Å². The fraction of sp³-hybridized carbons (Fsp3) is 0.188. The summed E-state index contributed by atoms with van der Waals surface area (Å²) in [4.78, 5) is 4.53. The van der Waals surface area contributed by atoms with E-state index in [2.05, 4.69) is 11.1 Å². The number of thiazole rings is 1. The van der Waals surface area contributed by atoms with Gasteiger partial charge in [-0.05, 0) is 36.8 Å². The molecule has 0 radical (unpaired) electrons. The van der Waals surface area contributed by atoms with E-state index < -0.39 is 0 Å². The molecule has 0 amide bonds. The van der Waals surface area contributed by atoms with Crippen LogP contribution in [0.25, 0.3) is 10.2 Å². The van der Waals surface area contributed by atoms with E-state index in [0.717, 1.165) is 20.8 Å². The molecule has 0 aliphatic heterocycles. The minimum Gasteiger partial charge on any atom is -0.485 e. The summed E-state index contributed by atoms with van der Waals surface area (Å²) in [5.41, 5.74) is 7.83. The molecule has 2 N–H and O–H groups in total. The highest BCUT2D eigenvalue weighted by Crippen LogP contribution is 2.29. The Hall–Kier alpha value is -1.62. The quantitative estimate of drug-likeness (QED) is 0.767. The van der Waals surface area contributed by atoms with Crippen LogP contribution in [0.2, 0.25) is 5.02 Å². The highest BCUT2D eigenvalue weighted by atomic mass is 35.5. The van der Waals surface area contributed by atoms with Crippen LogP contribution in [-0.2, 0) is 6.61 Å². The Bertz CT molecular complexity index is 737. The van der Waals surface area contributed by atoms with Crippen LogP contribution in [-0.4, -0.2) is 4.98 Å². The molecule has 0 fully saturated rings. The molecule has 2 aromatic carbocycles. The molecule has 0 saturated carbocycles. The van der Waals surface area contributed by atoms with Crippen molar-refractivity contribution in [3.63, 3.8) is 0 Å². The number of fused-ring (bicyclic) bond motifs is 1. The summed E-state index contributed by atoms with van der Waals surface area (Å²) in [7, 11) is 0. The molecular formula is C16H15ClN2OS. The smallest absolute Gasteiger partial charge is 0.140 e. The number of rotatable bonds is 4. The molecule has 21 heavy (non-hydrogen) atoms. The molecule has 3 nitrogen and oxygen atoms in total. The third-order valence-electron chi connectivity index (χ3n) is 3.17. The second-order valence-electron chi connectivity index (χ2n) is 4.84. The number of nitrogens with zero attached hydrogens (tertiary/aromatic N) is 1. The zero-order valence-corrected chi connectivity index (χ0v) is 13.1. The molecule has 0 spiro atoms. The first-order valence-electron chi connectivity index (χ1n) is 6.66. The Balaban J connectivity index is 1.75. The van der Waals surface area contributed by atoms with E-state index in [1.165, 1.54) is 0 Å². The topological polar surface area (TPSA) is 48.1 Å². The third kappa shape index (κ3) is 3.18. The lowest BCUT2D eigenvalue weighted by molar-refractivity contribution is 0.306. The van der Waals surface area contributed by atoms with E-state index in [4.69, 9.17) is 22.1 Å². The zero-order valence-electron chi connectivity index (χ0n) is 11.5. The van der Waals surface area contributed by atoms with Crippen molar-refractivity contribution in [1.29, 1.82) is 0 Å². The zero-order chi connectivity index (χ0) is 14.8. The lowest BCUT2D eigenvalue weighted by Gasteiger charge is -2.10. The van der Waals surface area contributed by atoms with E-state index in [1.54, 1.807) is 11.3 Å². The van der Waals surface area contributed by atoms with Gasteiger partial charge in [0, 0.05) is 6.04 Å². The Labute approximate surface area is 132 Å². The van der Waals surface area contributed by atoms with E-state index in [0.29, 0.717) is 17.4 Å². The summed E-state index contributed by atoms with van der Waals surface area (Å²) >= 11 is 7.85. The average Bonchev–Trinajstić information content (AvgIpc) is 2.88. The molecule has 0 bridgehead atoms. The first kappa shape index (κ1) is 14.3. The third-order valence-corrected chi connectivity index (χ3v) is 4.48. The number of halogens is 1. The van der Waals surface area contributed by atoms with Crippen molar-refractivity contribution < 1.29 is 4.74 Å². The maximum Gasteiger partial charge on any atom is 0.140 e. The van der Waals surface area contributed by atoms with Gasteiger partial charge in [-0.25, -0.2) is 4.98 Å². The van der Waals surface area contributed by atoms with Crippen molar-refractivity contribution in [2.24, 2.45) is 5.73 Å². The van der Waals surface area contributed by atoms with Gasteiger partial charge in [0.2, 0.25) is 0 Å². The summed E-state index contributed by atoms with van der Waals surface area (Å²) < 4.78 is 6.92. The van der Waals surface area contributed by atoms with Crippen LogP contribution in [0.3, 0.4) is 0 Å². The Morgan fingerprint density at radius 1 is 1.29 bits per heavy atom. The van der Waals surface area contributed by atoms with Gasteiger partial charge in [-0.2, -0.15) is 0 Å². The van der Waals surface area contributed by atoms with Crippen molar-refractivity contribution in [2.75, 3.05) is 0 Å². The molecule has 3 rings (SSSR count). The van der Waals surface area contributed by atoms with Crippen LogP contribution in [0.4, 0.5) is 0 Å². The fourth-order valence-corrected chi connectivity index (χ4v) is 3.16. The highest BCUT2D eigenvalue weighted by molar-refractivity contribution is 7.18. The van der Waals surface area contributed by atoms with E-state index >= 15 is 0 Å². The van der Waals surface area contributed by atoms with Gasteiger partial charge >= 0.3 is 0 Å². The molecule has 1 atom stereocenters. The summed E-state index contributed by atoms with van der Waals surface area (Å²) in [6.07, 6.45) is 0. The second kappa shape index (κ2) is 6.02. The van der Waals surface area contributed by atoms with Crippen LogP contribution < -0.4 is 10.5 Å². The van der Waals surface area contributed by atoms with Crippen molar-refractivity contribution in [2.45, 2.75) is 19.6 Å². The molecule has 0 aliphatic carbocycles. The largest absolute Gasteiger partial charge is 0.485 e. The maximum absolute atomic E-state index is 6.22. The minimum atomic E-state index is -0.0409. The Morgan fingerprint density at radius 2 is 2.10 bits per heavy atom. The van der Waals surface area contributed by atoms with Crippen molar-refractivity contribution >= 4 is 33.2 Å². The van der Waals surface area contributed by atoms with Gasteiger partial charge in [0.05, 0.1) is 15.2 Å². The fourth-order valence-electron chi connectivity index (χ4n) is 2.04. The molecular weight excluding hydrogens is 304 g/mol. The van der Waals surface area contributed by atoms with E-state index in [1.807, 2.05) is 43.3 Å². The van der Waals surface area contributed by atoms with Crippen LogP contribution >= 0.6 is 22.9 Å². The molecule has 108 valence electrons. The number of hydrogen-bond donors (Lipinski definition) is 1. The van der Waals surface area contributed by atoms with Gasteiger partial charge in [0.25, 0.3) is 0 Å². The predicted octanol–water partition coefficient (Wildman–Crippen LogP) is 4.55. The predicted molar refractivity (Wildman–Crippen MR) is 88.0 cm³/mol. The minimum absolute atomic E-state index is 0.0409. The number of nitrogens with two attached hydrogens (primary N) is 1. The van der Waals surface area contributed by atoms with Crippen molar-refractivity contribution in [3.8, 4) is 5.75 Å². The SMILES string of the molecule is CC(N)c1ccc(OCc2nc3ccccc3s2)c(Cl)c1. The Kier molecular flexibility index (Phi) is 4.10. The van der Waals surface area contributed by atoms with E-state index in [-0.39, 0.29) is 6.04 Å². The van der Waals surface area contributed by atoms with Gasteiger partial charge in [0.15, 0.2) is 0 Å². The van der Waals surface area contributed by atoms with Crippen molar-refractivity contribution in [1.82, 2.24) is 4.98 Å². The molecule has 1 unspecified atom stereocenters. The van der Waals surface area contributed by atoms with Crippen molar-refractivity contribution in [3.05, 3.63) is 58.1 Å². The summed E-state index contributed by atoms with van der Waals surface area (Å²) in [6.45, 7) is 2.34. The maximum atomic E-state index is 6.22. The molecule has 3 aromatic rings. The summed E-state index contributed by atoms with van der Waals surface area (Å²) in [6, 6.07) is 13.6. The molecule has 1 aromatic heterocycles. The number of benzene rings is 2. The summed E-state index contributed by atoms with van der Waals surface area (Å²) in [5.74, 6) is 0.653. The number of hydrogen-bond acceptors (Lipinski definition) is 4. The Morgan fingerprint density at radius 3 is 2.81 bits per heavy atom. The average molecular weight is 319 g/mol. The first-order valence-corrected chi connectivity index (χ1v) is 7.85. The molecule has 1 heterocycles. The number of para-hydroxylation sites is 1. The van der Waals surface area contributed by atoms with Crippen LogP contribution in [0, 0.1) is 0 Å². The van der Waals surface area contributed by atoms with Gasteiger partial charge in [0.1, 0.15) is 17.4 Å². The lowest BCUT2D eigenvalue weighted by Crippen LogP contribution is -2.05. The number of aromatic nitrogens is 1. The van der Waals surface area contributed by atoms with Crippen LogP contribution in [0.5, 0.6) is 5.75 Å². The number of ether oxygens (including phenoxy) is 1. The highest BCUT2D eigenvalue weighted by Gasteiger charge is 2.08. The monoisotopic (exact) mass is 318 g/mol. The van der Waals surface area contributed by atoms with Crippen LogP contribution in [0.15, 0.2) is 42.5 Å². The molecule has 0 saturated heterocycles. The lowest BCUT2D eigenvalue weighted by atomic mass is 10.1. The molecule has 0 aliphatic rings. The van der Waals surface area contributed by atoms with Gasteiger partial charge in [-0.1, -0.05) is 29.8 Å². The van der Waals surface area contributed by atoms with Gasteiger partial charge in [-0.3, -0.25) is 0 Å². The van der Waals surface area contributed by atoms with Gasteiger partial charge in [-0.15, -0.1) is 11.3 Å². The standard InChI is InChI=1S/C16H15ClN2OS/c1-10(18)11-6-7-14(12(17)8-11)20-9-16-19-13-4-2-3-5-15(13)21-16/h2-8,10H,9,18H2,1H3.